The van der Waals surface area contributed by atoms with Crippen molar-refractivity contribution in [2.75, 3.05) is 29.4 Å². The van der Waals surface area contributed by atoms with E-state index in [1.165, 1.54) is 17.4 Å². The van der Waals surface area contributed by atoms with Gasteiger partial charge in [0.15, 0.2) is 0 Å². The van der Waals surface area contributed by atoms with Crippen molar-refractivity contribution in [1.82, 2.24) is 15.5 Å². The van der Waals surface area contributed by atoms with Crippen LogP contribution in [0.2, 0.25) is 0 Å². The van der Waals surface area contributed by atoms with Crippen molar-refractivity contribution >= 4 is 33.4 Å². The Morgan fingerprint density at radius 2 is 2.04 bits per heavy atom. The third kappa shape index (κ3) is 3.99. The van der Waals surface area contributed by atoms with Crippen molar-refractivity contribution in [1.29, 1.82) is 0 Å². The smallest absolute Gasteiger partial charge is 0.228 e. The Hall–Kier alpha value is -2.55. The Labute approximate surface area is 166 Å². The number of anilines is 2. The number of rotatable bonds is 5. The molecule has 3 heterocycles. The second-order valence-electron chi connectivity index (χ2n) is 7.11. The standard InChI is InChI=1S/C19H22FN5O2S/c20-15-7-2-1-5-13(15)11-21-17(27)14-6-3-9-24(12-14)18-22-23-19(28-18)25-10-4-8-16(25)26/h1-2,5,7,14H,3-4,6,8-12H2,(H,21,27). The Balaban J connectivity index is 1.36. The van der Waals surface area contributed by atoms with Crippen molar-refractivity contribution in [2.45, 2.75) is 32.2 Å². The van der Waals surface area contributed by atoms with Crippen molar-refractivity contribution < 1.29 is 14.0 Å². The van der Waals surface area contributed by atoms with Crippen LogP contribution in [0.3, 0.4) is 0 Å². The van der Waals surface area contributed by atoms with Crippen LogP contribution >= 0.6 is 11.3 Å². The second kappa shape index (κ2) is 8.22. The predicted molar refractivity (Wildman–Crippen MR) is 105 cm³/mol. The van der Waals surface area contributed by atoms with Crippen LogP contribution in [0.15, 0.2) is 24.3 Å². The summed E-state index contributed by atoms with van der Waals surface area (Å²) in [5.41, 5.74) is 0.479. The lowest BCUT2D eigenvalue weighted by atomic mass is 9.97. The van der Waals surface area contributed by atoms with Gasteiger partial charge in [0.2, 0.25) is 22.1 Å². The Bertz CT molecular complexity index is 874. The van der Waals surface area contributed by atoms with Crippen LogP contribution in [-0.4, -0.2) is 41.6 Å². The zero-order valence-electron chi connectivity index (χ0n) is 15.4. The molecule has 1 aromatic carbocycles. The number of amides is 2. The summed E-state index contributed by atoms with van der Waals surface area (Å²) in [6, 6.07) is 6.45. The first kappa shape index (κ1) is 18.8. The van der Waals surface area contributed by atoms with Crippen LogP contribution in [0, 0.1) is 11.7 Å². The number of piperidine rings is 1. The number of hydrogen-bond donors (Lipinski definition) is 1. The summed E-state index contributed by atoms with van der Waals surface area (Å²) < 4.78 is 13.7. The van der Waals surface area contributed by atoms with Crippen LogP contribution in [0.25, 0.3) is 0 Å². The molecule has 2 aromatic rings. The number of halogens is 1. The summed E-state index contributed by atoms with van der Waals surface area (Å²) >= 11 is 1.39. The van der Waals surface area contributed by atoms with Gasteiger partial charge in [-0.3, -0.25) is 14.5 Å². The molecule has 2 fully saturated rings. The summed E-state index contributed by atoms with van der Waals surface area (Å²) in [6.45, 7) is 2.22. The topological polar surface area (TPSA) is 78.4 Å². The lowest BCUT2D eigenvalue weighted by Crippen LogP contribution is -2.43. The molecule has 1 unspecified atom stereocenters. The van der Waals surface area contributed by atoms with Gasteiger partial charge in [-0.05, 0) is 25.3 Å². The number of carbonyl (C=O) groups is 2. The number of hydrogen-bond acceptors (Lipinski definition) is 6. The van der Waals surface area contributed by atoms with E-state index in [0.717, 1.165) is 30.9 Å². The second-order valence-corrected chi connectivity index (χ2v) is 8.04. The number of benzene rings is 1. The van der Waals surface area contributed by atoms with E-state index in [1.54, 1.807) is 23.1 Å². The van der Waals surface area contributed by atoms with Crippen molar-refractivity contribution in [3.8, 4) is 0 Å². The number of nitrogens with one attached hydrogen (secondary N) is 1. The fourth-order valence-electron chi connectivity index (χ4n) is 3.63. The largest absolute Gasteiger partial charge is 0.352 e. The van der Waals surface area contributed by atoms with E-state index in [1.807, 2.05) is 0 Å². The van der Waals surface area contributed by atoms with Gasteiger partial charge < -0.3 is 10.2 Å². The summed E-state index contributed by atoms with van der Waals surface area (Å²) in [5, 5.41) is 12.6. The minimum absolute atomic E-state index is 0.0765. The summed E-state index contributed by atoms with van der Waals surface area (Å²) in [4.78, 5) is 28.2. The molecule has 0 saturated carbocycles. The van der Waals surface area contributed by atoms with Gasteiger partial charge in [0, 0.05) is 38.2 Å². The van der Waals surface area contributed by atoms with E-state index in [-0.39, 0.29) is 30.1 Å². The van der Waals surface area contributed by atoms with Gasteiger partial charge in [0.1, 0.15) is 5.82 Å². The molecule has 0 spiro atoms. The highest BCUT2D eigenvalue weighted by molar-refractivity contribution is 7.19. The lowest BCUT2D eigenvalue weighted by Gasteiger charge is -2.31. The highest BCUT2D eigenvalue weighted by Gasteiger charge is 2.30. The van der Waals surface area contributed by atoms with Crippen LogP contribution < -0.4 is 15.1 Å². The fraction of sp³-hybridized carbons (Fsp3) is 0.474. The zero-order chi connectivity index (χ0) is 19.5. The first-order valence-electron chi connectivity index (χ1n) is 9.52. The van der Waals surface area contributed by atoms with Gasteiger partial charge in [-0.2, -0.15) is 0 Å². The van der Waals surface area contributed by atoms with Gasteiger partial charge in [-0.25, -0.2) is 4.39 Å². The molecule has 28 heavy (non-hydrogen) atoms. The summed E-state index contributed by atoms with van der Waals surface area (Å²) in [5.74, 6) is -0.480. The van der Waals surface area contributed by atoms with E-state index in [9.17, 15) is 14.0 Å². The van der Waals surface area contributed by atoms with Gasteiger partial charge >= 0.3 is 0 Å². The normalized spacial score (nSPS) is 19.9. The van der Waals surface area contributed by atoms with Crippen molar-refractivity contribution in [3.05, 3.63) is 35.6 Å². The quantitative estimate of drug-likeness (QED) is 0.829. The van der Waals surface area contributed by atoms with Crippen LogP contribution in [-0.2, 0) is 16.1 Å². The number of carbonyl (C=O) groups excluding carboxylic acids is 2. The average Bonchev–Trinajstić information content (AvgIpc) is 3.36. The van der Waals surface area contributed by atoms with Crippen molar-refractivity contribution in [2.24, 2.45) is 5.92 Å². The molecule has 0 radical (unpaired) electrons. The first-order chi connectivity index (χ1) is 13.6. The van der Waals surface area contributed by atoms with Gasteiger partial charge in [-0.1, -0.05) is 29.5 Å². The number of aromatic nitrogens is 2. The maximum absolute atomic E-state index is 13.7. The SMILES string of the molecule is O=C(NCc1ccccc1F)C1CCCN(c2nnc(N3CCCC3=O)s2)C1. The molecule has 7 nitrogen and oxygen atoms in total. The van der Waals surface area contributed by atoms with Gasteiger partial charge in [0.05, 0.1) is 5.92 Å². The van der Waals surface area contributed by atoms with E-state index < -0.39 is 0 Å². The molecule has 2 aliphatic rings. The van der Waals surface area contributed by atoms with Crippen LogP contribution in [0.1, 0.15) is 31.2 Å². The third-order valence-corrected chi connectivity index (χ3v) is 6.19. The Morgan fingerprint density at radius 3 is 2.82 bits per heavy atom. The van der Waals surface area contributed by atoms with Crippen molar-refractivity contribution in [3.63, 3.8) is 0 Å². The zero-order valence-corrected chi connectivity index (χ0v) is 16.3. The molecule has 2 aliphatic heterocycles. The molecule has 1 N–H and O–H groups in total. The lowest BCUT2D eigenvalue weighted by molar-refractivity contribution is -0.125. The molecule has 4 rings (SSSR count). The first-order valence-corrected chi connectivity index (χ1v) is 10.3. The highest BCUT2D eigenvalue weighted by atomic mass is 32.1. The molecular formula is C19H22FN5O2S. The molecule has 148 valence electrons. The average molecular weight is 403 g/mol. The Morgan fingerprint density at radius 1 is 1.21 bits per heavy atom. The highest BCUT2D eigenvalue weighted by Crippen LogP contribution is 2.32. The predicted octanol–water partition coefficient (Wildman–Crippen LogP) is 2.34. The number of nitrogens with zero attached hydrogens (tertiary/aromatic N) is 4. The maximum atomic E-state index is 13.7. The van der Waals surface area contributed by atoms with Gasteiger partial charge in [-0.15, -0.1) is 10.2 Å². The molecule has 2 saturated heterocycles. The monoisotopic (exact) mass is 403 g/mol. The van der Waals surface area contributed by atoms with Crippen LogP contribution in [0.4, 0.5) is 14.7 Å². The molecule has 1 aromatic heterocycles. The maximum Gasteiger partial charge on any atom is 0.228 e. The minimum atomic E-state index is -0.314. The van der Waals surface area contributed by atoms with E-state index in [2.05, 4.69) is 20.4 Å². The van der Waals surface area contributed by atoms with E-state index in [4.69, 9.17) is 0 Å². The molecule has 9 heteroatoms. The fourth-order valence-corrected chi connectivity index (χ4v) is 4.55. The Kier molecular flexibility index (Phi) is 5.52. The molecule has 0 bridgehead atoms. The molecule has 1 atom stereocenters. The summed E-state index contributed by atoms with van der Waals surface area (Å²) in [6.07, 6.45) is 3.07. The van der Waals surface area contributed by atoms with E-state index >= 15 is 0 Å². The summed E-state index contributed by atoms with van der Waals surface area (Å²) in [7, 11) is 0. The van der Waals surface area contributed by atoms with E-state index in [0.29, 0.717) is 30.2 Å². The van der Waals surface area contributed by atoms with Crippen LogP contribution in [0.5, 0.6) is 0 Å². The molecular weight excluding hydrogens is 381 g/mol. The third-order valence-electron chi connectivity index (χ3n) is 5.18. The van der Waals surface area contributed by atoms with Gasteiger partial charge in [0.25, 0.3) is 0 Å². The minimum Gasteiger partial charge on any atom is -0.352 e. The molecule has 0 aliphatic carbocycles. The molecule has 2 amide bonds.